The summed E-state index contributed by atoms with van der Waals surface area (Å²) in [6.07, 6.45) is -9.41. The molecule has 0 N–H and O–H groups in total. The van der Waals surface area contributed by atoms with E-state index < -0.39 is 24.2 Å². The van der Waals surface area contributed by atoms with Gasteiger partial charge in [-0.2, -0.15) is 26.3 Å². The van der Waals surface area contributed by atoms with E-state index in [4.69, 9.17) is 0 Å². The Balaban J connectivity index is 2.78. The molecule has 96 valence electrons. The van der Waals surface area contributed by atoms with Gasteiger partial charge in [-0.05, 0) is 24.7 Å². The first kappa shape index (κ1) is 13.6. The third kappa shape index (κ3) is 3.28. The van der Waals surface area contributed by atoms with Crippen LogP contribution in [0.5, 0.6) is 0 Å². The van der Waals surface area contributed by atoms with Gasteiger partial charge in [0.25, 0.3) is 0 Å². The number of hydrogen-bond donors (Lipinski definition) is 0. The van der Waals surface area contributed by atoms with Gasteiger partial charge in [0, 0.05) is 0 Å². The summed E-state index contributed by atoms with van der Waals surface area (Å²) in [6.45, 7) is 1.85. The zero-order valence-electron chi connectivity index (χ0n) is 8.83. The summed E-state index contributed by atoms with van der Waals surface area (Å²) < 4.78 is 74.3. The summed E-state index contributed by atoms with van der Waals surface area (Å²) >= 11 is 0. The lowest BCUT2D eigenvalue weighted by Crippen LogP contribution is -2.43. The Labute approximate surface area is 90.0 Å². The van der Waals surface area contributed by atoms with Gasteiger partial charge in [0.15, 0.2) is 5.92 Å². The third-order valence-corrected chi connectivity index (χ3v) is 3.24. The average Bonchev–Trinajstić information content (AvgIpc) is 2.03. The van der Waals surface area contributed by atoms with Gasteiger partial charge in [-0.3, -0.25) is 0 Å². The first-order valence-electron chi connectivity index (χ1n) is 5.25. The van der Waals surface area contributed by atoms with Crippen LogP contribution in [0.1, 0.15) is 32.6 Å². The van der Waals surface area contributed by atoms with Crippen LogP contribution in [-0.4, -0.2) is 12.4 Å². The van der Waals surface area contributed by atoms with Crippen molar-refractivity contribution in [2.45, 2.75) is 45.0 Å². The van der Waals surface area contributed by atoms with Crippen LogP contribution in [0, 0.1) is 17.8 Å². The second-order valence-corrected chi connectivity index (χ2v) is 4.58. The molecule has 6 heteroatoms. The highest BCUT2D eigenvalue weighted by atomic mass is 19.4. The Hall–Kier alpha value is -0.420. The predicted octanol–water partition coefficient (Wildman–Crippen LogP) is 4.55. The molecule has 0 atom stereocenters. The largest absolute Gasteiger partial charge is 0.400 e. The van der Waals surface area contributed by atoms with E-state index in [0.29, 0.717) is 12.8 Å². The molecule has 1 fully saturated rings. The van der Waals surface area contributed by atoms with Crippen molar-refractivity contribution >= 4 is 0 Å². The quantitative estimate of drug-likeness (QED) is 0.597. The zero-order chi connectivity index (χ0) is 12.6. The van der Waals surface area contributed by atoms with Crippen LogP contribution in [0.4, 0.5) is 26.3 Å². The minimum Gasteiger partial charge on any atom is -0.170 e. The summed E-state index contributed by atoms with van der Waals surface area (Å²) in [5.74, 6) is -4.21. The van der Waals surface area contributed by atoms with Crippen molar-refractivity contribution in [3.63, 3.8) is 0 Å². The van der Waals surface area contributed by atoms with Gasteiger partial charge < -0.3 is 0 Å². The molecule has 1 rings (SSSR count). The lowest BCUT2D eigenvalue weighted by molar-refractivity contribution is -0.301. The molecule has 1 aliphatic rings. The number of hydrogen-bond acceptors (Lipinski definition) is 0. The molecule has 1 saturated carbocycles. The van der Waals surface area contributed by atoms with Crippen molar-refractivity contribution in [1.29, 1.82) is 0 Å². The van der Waals surface area contributed by atoms with E-state index in [2.05, 4.69) is 0 Å². The van der Waals surface area contributed by atoms with E-state index in [0.717, 1.165) is 0 Å². The summed E-state index contributed by atoms with van der Waals surface area (Å²) in [5.41, 5.74) is 0. The molecule has 0 aromatic carbocycles. The first-order valence-corrected chi connectivity index (χ1v) is 5.25. The van der Waals surface area contributed by atoms with E-state index in [9.17, 15) is 26.3 Å². The van der Waals surface area contributed by atoms with Crippen molar-refractivity contribution in [2.24, 2.45) is 17.8 Å². The van der Waals surface area contributed by atoms with Gasteiger partial charge in [0.2, 0.25) is 0 Å². The van der Waals surface area contributed by atoms with Crippen LogP contribution in [0.15, 0.2) is 0 Å². The van der Waals surface area contributed by atoms with Crippen molar-refractivity contribution in [1.82, 2.24) is 0 Å². The SMILES string of the molecule is CC1CCC(C(C(F)(F)F)C(F)(F)F)CC1. The van der Waals surface area contributed by atoms with E-state index in [1.807, 2.05) is 6.92 Å². The van der Waals surface area contributed by atoms with E-state index in [1.165, 1.54) is 0 Å². The smallest absolute Gasteiger partial charge is 0.170 e. The molecule has 1 aliphatic carbocycles. The maximum absolute atomic E-state index is 12.4. The number of halogens is 6. The Morgan fingerprint density at radius 3 is 1.50 bits per heavy atom. The molecule has 0 unspecified atom stereocenters. The fourth-order valence-electron chi connectivity index (χ4n) is 2.34. The number of alkyl halides is 6. The number of rotatable bonds is 1. The van der Waals surface area contributed by atoms with Gasteiger partial charge in [-0.1, -0.05) is 19.8 Å². The van der Waals surface area contributed by atoms with Crippen LogP contribution in [-0.2, 0) is 0 Å². The summed E-state index contributed by atoms with van der Waals surface area (Å²) in [6, 6.07) is 0. The van der Waals surface area contributed by atoms with Gasteiger partial charge in [0.05, 0.1) is 0 Å². The normalized spacial score (nSPS) is 28.5. The first-order chi connectivity index (χ1) is 7.12. The second-order valence-electron chi connectivity index (χ2n) is 4.58. The zero-order valence-corrected chi connectivity index (χ0v) is 8.83. The van der Waals surface area contributed by atoms with Crippen LogP contribution < -0.4 is 0 Å². The highest BCUT2D eigenvalue weighted by Crippen LogP contribution is 2.48. The molecule has 0 aromatic rings. The maximum Gasteiger partial charge on any atom is 0.400 e. The molecular weight excluding hydrogens is 234 g/mol. The Morgan fingerprint density at radius 2 is 1.19 bits per heavy atom. The molecule has 0 amide bonds. The molecule has 0 spiro atoms. The minimum absolute atomic E-state index is 0.0187. The highest BCUT2D eigenvalue weighted by Gasteiger charge is 2.59. The van der Waals surface area contributed by atoms with Gasteiger partial charge in [-0.25, -0.2) is 0 Å². The molecule has 0 aromatic heterocycles. The molecule has 16 heavy (non-hydrogen) atoms. The fraction of sp³-hybridized carbons (Fsp3) is 1.00. The monoisotopic (exact) mass is 248 g/mol. The topological polar surface area (TPSA) is 0 Å². The molecule has 0 bridgehead atoms. The molecule has 0 radical (unpaired) electrons. The predicted molar refractivity (Wildman–Crippen MR) is 46.7 cm³/mol. The highest BCUT2D eigenvalue weighted by molar-refractivity contribution is 4.85. The molecule has 0 nitrogen and oxygen atoms in total. The Kier molecular flexibility index (Phi) is 3.80. The standard InChI is InChI=1S/C10H14F6/c1-6-2-4-7(5-3-6)8(9(11,12)13)10(14,15)16/h6-8H,2-5H2,1H3. The van der Waals surface area contributed by atoms with Crippen molar-refractivity contribution < 1.29 is 26.3 Å². The summed E-state index contributed by atoms with van der Waals surface area (Å²) in [7, 11) is 0. The summed E-state index contributed by atoms with van der Waals surface area (Å²) in [4.78, 5) is 0. The van der Waals surface area contributed by atoms with E-state index >= 15 is 0 Å². The van der Waals surface area contributed by atoms with Gasteiger partial charge >= 0.3 is 12.4 Å². The fourth-order valence-corrected chi connectivity index (χ4v) is 2.34. The average molecular weight is 248 g/mol. The van der Waals surface area contributed by atoms with Crippen LogP contribution >= 0.6 is 0 Å². The Bertz CT molecular complexity index is 206. The molecule has 0 heterocycles. The van der Waals surface area contributed by atoms with Crippen LogP contribution in [0.3, 0.4) is 0 Å². The van der Waals surface area contributed by atoms with Crippen LogP contribution in [0.25, 0.3) is 0 Å². The maximum atomic E-state index is 12.4. The molecule has 0 saturated heterocycles. The summed E-state index contributed by atoms with van der Waals surface area (Å²) in [5, 5.41) is 0. The lowest BCUT2D eigenvalue weighted by atomic mass is 9.76. The van der Waals surface area contributed by atoms with Crippen LogP contribution in [0.2, 0.25) is 0 Å². The third-order valence-electron chi connectivity index (χ3n) is 3.24. The van der Waals surface area contributed by atoms with Gasteiger partial charge in [0.1, 0.15) is 0 Å². The molecular formula is C10H14F6. The van der Waals surface area contributed by atoms with E-state index in [1.54, 1.807) is 0 Å². The minimum atomic E-state index is -5.18. The van der Waals surface area contributed by atoms with Crippen molar-refractivity contribution in [2.75, 3.05) is 0 Å². The van der Waals surface area contributed by atoms with E-state index in [-0.39, 0.29) is 18.8 Å². The lowest BCUT2D eigenvalue weighted by Gasteiger charge is -2.34. The molecule has 0 aliphatic heterocycles. The van der Waals surface area contributed by atoms with Crippen molar-refractivity contribution in [3.8, 4) is 0 Å². The Morgan fingerprint density at radius 1 is 0.812 bits per heavy atom. The van der Waals surface area contributed by atoms with Gasteiger partial charge in [-0.15, -0.1) is 0 Å². The second kappa shape index (κ2) is 4.45. The van der Waals surface area contributed by atoms with Crippen molar-refractivity contribution in [3.05, 3.63) is 0 Å².